The highest BCUT2D eigenvalue weighted by Crippen LogP contribution is 2.50. The molecular formula is C23H23ClF3N5O. The number of halogens is 4. The molecule has 0 aliphatic heterocycles. The van der Waals surface area contributed by atoms with E-state index in [-0.39, 0.29) is 22.4 Å². The Morgan fingerprint density at radius 2 is 2.06 bits per heavy atom. The first-order valence-corrected chi connectivity index (χ1v) is 10.6. The van der Waals surface area contributed by atoms with Crippen molar-refractivity contribution in [3.63, 3.8) is 0 Å². The van der Waals surface area contributed by atoms with E-state index in [9.17, 15) is 19.1 Å². The second kappa shape index (κ2) is 9.12. The van der Waals surface area contributed by atoms with Gasteiger partial charge in [0.2, 0.25) is 0 Å². The van der Waals surface area contributed by atoms with Gasteiger partial charge in [0.05, 0.1) is 28.7 Å². The van der Waals surface area contributed by atoms with E-state index < -0.39 is 34.9 Å². The Morgan fingerprint density at radius 3 is 2.58 bits per heavy atom. The molecule has 0 bridgehead atoms. The van der Waals surface area contributed by atoms with Crippen LogP contribution in [-0.4, -0.2) is 35.8 Å². The van der Waals surface area contributed by atoms with E-state index in [0.29, 0.717) is 24.0 Å². The maximum atomic E-state index is 15.0. The highest BCUT2D eigenvalue weighted by molar-refractivity contribution is 6.30. The predicted molar refractivity (Wildman–Crippen MR) is 121 cm³/mol. The molecule has 174 valence electrons. The first kappa shape index (κ1) is 24.7. The molecule has 1 aliphatic carbocycles. The number of alkyl halides is 2. The molecule has 10 heteroatoms. The van der Waals surface area contributed by atoms with Crippen LogP contribution >= 0.6 is 11.6 Å². The van der Waals surface area contributed by atoms with Crippen LogP contribution in [0.2, 0.25) is 5.15 Å². The molecule has 1 fully saturated rings. The molecule has 1 aromatic carbocycles. The van der Waals surface area contributed by atoms with Crippen LogP contribution in [0.5, 0.6) is 0 Å². The van der Waals surface area contributed by atoms with Crippen LogP contribution < -0.4 is 5.32 Å². The van der Waals surface area contributed by atoms with Crippen LogP contribution in [0.15, 0.2) is 34.3 Å². The Hall–Kier alpha value is -2.96. The van der Waals surface area contributed by atoms with Crippen LogP contribution in [0.4, 0.5) is 19.0 Å². The largest absolute Gasteiger partial charge is 0.387 e. The van der Waals surface area contributed by atoms with E-state index in [1.54, 1.807) is 13.0 Å². The number of nitriles is 1. The average molecular weight is 478 g/mol. The Morgan fingerprint density at radius 1 is 1.39 bits per heavy atom. The lowest BCUT2D eigenvalue weighted by Crippen LogP contribution is -2.32. The van der Waals surface area contributed by atoms with Gasteiger partial charge in [-0.3, -0.25) is 4.99 Å². The fourth-order valence-electron chi connectivity index (χ4n) is 3.59. The minimum absolute atomic E-state index is 0.0417. The normalized spacial score (nSPS) is 17.1. The first-order chi connectivity index (χ1) is 15.5. The van der Waals surface area contributed by atoms with Crippen molar-refractivity contribution < 1.29 is 18.3 Å². The van der Waals surface area contributed by atoms with E-state index in [1.807, 2.05) is 0 Å². The molecule has 33 heavy (non-hydrogen) atoms. The average Bonchev–Trinajstić information content (AvgIpc) is 3.58. The molecule has 2 atom stereocenters. The Bertz CT molecular complexity index is 1160. The number of benzene rings is 1. The second-order valence-corrected chi connectivity index (χ2v) is 8.35. The van der Waals surface area contributed by atoms with E-state index in [0.717, 1.165) is 13.0 Å². The number of rotatable bonds is 7. The Balaban J connectivity index is 2.00. The summed E-state index contributed by atoms with van der Waals surface area (Å²) < 4.78 is 43.7. The number of amidine groups is 1. The quantitative estimate of drug-likeness (QED) is 0.335. The van der Waals surface area contributed by atoms with Crippen molar-refractivity contribution in [3.05, 3.63) is 57.5 Å². The zero-order valence-electron chi connectivity index (χ0n) is 18.3. The van der Waals surface area contributed by atoms with Crippen LogP contribution in [0.1, 0.15) is 55.0 Å². The molecule has 1 saturated carbocycles. The van der Waals surface area contributed by atoms with Crippen LogP contribution in [0.25, 0.3) is 0 Å². The zero-order chi connectivity index (χ0) is 24.6. The zero-order valence-corrected chi connectivity index (χ0v) is 19.1. The third-order valence-electron chi connectivity index (χ3n) is 5.80. The number of hydrogen-bond acceptors (Lipinski definition) is 5. The number of aromatic nitrogens is 1. The minimum Gasteiger partial charge on any atom is -0.387 e. The summed E-state index contributed by atoms with van der Waals surface area (Å²) in [4.78, 5) is 12.3. The summed E-state index contributed by atoms with van der Waals surface area (Å²) >= 11 is 6.29. The van der Waals surface area contributed by atoms with Crippen molar-refractivity contribution in [2.45, 2.75) is 50.2 Å². The maximum Gasteiger partial charge on any atom is 0.301 e. The van der Waals surface area contributed by atoms with Gasteiger partial charge in [0, 0.05) is 18.2 Å². The van der Waals surface area contributed by atoms with Gasteiger partial charge in [-0.05, 0) is 45.5 Å². The van der Waals surface area contributed by atoms with Gasteiger partial charge in [-0.1, -0.05) is 23.7 Å². The lowest BCUT2D eigenvalue weighted by atomic mass is 9.96. The molecule has 0 spiro atoms. The maximum absolute atomic E-state index is 15.0. The SMILES string of the molecule is C=Nc1nc(Cl)c(C2(C#N)CC2)cc1/C(=N\C)N[C@H](C)c1cccc(C(F)(F)[C@H](C)O)c1F. The second-order valence-electron chi connectivity index (χ2n) is 8.00. The van der Waals surface area contributed by atoms with E-state index in [4.69, 9.17) is 11.6 Å². The van der Waals surface area contributed by atoms with Gasteiger partial charge < -0.3 is 10.4 Å². The van der Waals surface area contributed by atoms with Gasteiger partial charge in [0.1, 0.15) is 22.9 Å². The Labute approximate surface area is 194 Å². The summed E-state index contributed by atoms with van der Waals surface area (Å²) in [6, 6.07) is 6.74. The molecule has 1 aromatic heterocycles. The molecule has 2 N–H and O–H groups in total. The molecule has 0 radical (unpaired) electrons. The lowest BCUT2D eigenvalue weighted by molar-refractivity contribution is -0.108. The molecule has 3 rings (SSSR count). The van der Waals surface area contributed by atoms with Crippen molar-refractivity contribution in [1.29, 1.82) is 5.26 Å². The number of pyridine rings is 1. The third-order valence-corrected chi connectivity index (χ3v) is 6.08. The van der Waals surface area contributed by atoms with Crippen LogP contribution in [0, 0.1) is 17.1 Å². The van der Waals surface area contributed by atoms with E-state index >= 15 is 4.39 Å². The number of aliphatic imine (C=N–C) groups is 2. The predicted octanol–water partition coefficient (Wildman–Crippen LogP) is 4.96. The van der Waals surface area contributed by atoms with Crippen molar-refractivity contribution in [2.24, 2.45) is 9.98 Å². The molecule has 1 aliphatic rings. The summed E-state index contributed by atoms with van der Waals surface area (Å²) in [5.74, 6) is -4.48. The third kappa shape index (κ3) is 4.45. The minimum atomic E-state index is -3.76. The topological polar surface area (TPSA) is 93.7 Å². The summed E-state index contributed by atoms with van der Waals surface area (Å²) in [6.07, 6.45) is -0.778. The van der Waals surface area contributed by atoms with Gasteiger partial charge in [-0.15, -0.1) is 0 Å². The molecule has 0 saturated heterocycles. The van der Waals surface area contributed by atoms with E-state index in [1.165, 1.54) is 19.2 Å². The first-order valence-electron chi connectivity index (χ1n) is 10.2. The van der Waals surface area contributed by atoms with Gasteiger partial charge in [-0.25, -0.2) is 14.4 Å². The highest BCUT2D eigenvalue weighted by Gasteiger charge is 2.47. The van der Waals surface area contributed by atoms with Crippen LogP contribution in [-0.2, 0) is 11.3 Å². The summed E-state index contributed by atoms with van der Waals surface area (Å²) in [7, 11) is 1.49. The van der Waals surface area contributed by atoms with Crippen molar-refractivity contribution in [3.8, 4) is 6.07 Å². The van der Waals surface area contributed by atoms with Gasteiger partial charge >= 0.3 is 5.92 Å². The van der Waals surface area contributed by atoms with E-state index in [2.05, 4.69) is 33.1 Å². The van der Waals surface area contributed by atoms with Gasteiger partial charge in [0.25, 0.3) is 0 Å². The molecule has 1 heterocycles. The van der Waals surface area contributed by atoms with Crippen molar-refractivity contribution >= 4 is 30.0 Å². The highest BCUT2D eigenvalue weighted by atomic mass is 35.5. The fourth-order valence-corrected chi connectivity index (χ4v) is 3.91. The van der Waals surface area contributed by atoms with Crippen LogP contribution in [0.3, 0.4) is 0 Å². The molecule has 0 amide bonds. The summed E-state index contributed by atoms with van der Waals surface area (Å²) in [6.45, 7) is 5.98. The standard InChI is InChI=1S/C23H23ClF3N5O/c1-12(14-6-5-7-16(18(14)25)23(26,27)13(2)33)31-20(29-3)15-10-17(22(11-28)8-9-22)19(24)32-21(15)30-4/h5-7,10,12-13,33H,4,8-9H2,1-3H3,(H,29,31)/t12-,13+/m1/s1. The fraction of sp³-hybridized carbons (Fsp3) is 0.391. The van der Waals surface area contributed by atoms with Crippen molar-refractivity contribution in [2.75, 3.05) is 7.05 Å². The number of hydrogen-bond donors (Lipinski definition) is 2. The van der Waals surface area contributed by atoms with Crippen molar-refractivity contribution in [1.82, 2.24) is 10.3 Å². The molecule has 2 aromatic rings. The smallest absolute Gasteiger partial charge is 0.301 e. The number of nitrogens with one attached hydrogen (secondary N) is 1. The summed E-state index contributed by atoms with van der Waals surface area (Å²) in [5.41, 5.74) is -0.733. The molecular weight excluding hydrogens is 455 g/mol. The number of aliphatic hydroxyl groups is 1. The molecule has 6 nitrogen and oxygen atoms in total. The summed E-state index contributed by atoms with van der Waals surface area (Å²) in [5, 5.41) is 22.1. The monoisotopic (exact) mass is 477 g/mol. The lowest BCUT2D eigenvalue weighted by Gasteiger charge is -2.24. The number of nitrogens with zero attached hydrogens (tertiary/aromatic N) is 4. The van der Waals surface area contributed by atoms with Gasteiger partial charge in [0.15, 0.2) is 5.82 Å². The Kier molecular flexibility index (Phi) is 6.82. The molecule has 0 unspecified atom stereocenters. The van der Waals surface area contributed by atoms with Gasteiger partial charge in [-0.2, -0.15) is 14.0 Å². The number of aliphatic hydroxyl groups excluding tert-OH is 1.